The molecule has 0 bridgehead atoms. The number of benzene rings is 2. The number of ketones is 1. The summed E-state index contributed by atoms with van der Waals surface area (Å²) < 4.78 is 11.0. The molecule has 32 heavy (non-hydrogen) atoms. The van der Waals surface area contributed by atoms with Gasteiger partial charge in [0.1, 0.15) is 5.75 Å². The van der Waals surface area contributed by atoms with Crippen LogP contribution < -0.4 is 4.74 Å². The molecule has 3 aromatic rings. The molecule has 4 rings (SSSR count). The Morgan fingerprint density at radius 2 is 1.81 bits per heavy atom. The van der Waals surface area contributed by atoms with Gasteiger partial charge in [-0.3, -0.25) is 9.59 Å². The summed E-state index contributed by atoms with van der Waals surface area (Å²) in [5.41, 5.74) is 1.61. The van der Waals surface area contributed by atoms with Gasteiger partial charge in [0, 0.05) is 6.54 Å². The zero-order valence-electron chi connectivity index (χ0n) is 17.9. The Balaban J connectivity index is 1.70. The molecule has 1 aliphatic heterocycles. The van der Waals surface area contributed by atoms with Gasteiger partial charge in [0.2, 0.25) is 5.78 Å². The normalized spacial score (nSPS) is 16.0. The molecule has 164 valence electrons. The molecule has 0 fully saturated rings. The van der Waals surface area contributed by atoms with Crippen LogP contribution in [0.3, 0.4) is 0 Å². The lowest BCUT2D eigenvalue weighted by molar-refractivity contribution is -0.130. The minimum atomic E-state index is -0.745. The van der Waals surface area contributed by atoms with Crippen molar-refractivity contribution in [3.63, 3.8) is 0 Å². The second kappa shape index (κ2) is 9.56. The molecule has 0 spiro atoms. The van der Waals surface area contributed by atoms with Gasteiger partial charge in [-0.2, -0.15) is 0 Å². The van der Waals surface area contributed by atoms with E-state index in [-0.39, 0.29) is 17.9 Å². The lowest BCUT2D eigenvalue weighted by Crippen LogP contribution is -2.30. The van der Waals surface area contributed by atoms with E-state index in [9.17, 15) is 14.7 Å². The van der Waals surface area contributed by atoms with Crippen LogP contribution in [0.5, 0.6) is 5.75 Å². The van der Waals surface area contributed by atoms with Crippen molar-refractivity contribution in [1.82, 2.24) is 4.90 Å². The monoisotopic (exact) mass is 431 g/mol. The summed E-state index contributed by atoms with van der Waals surface area (Å²) in [5, 5.41) is 10.7. The first-order valence-corrected chi connectivity index (χ1v) is 10.7. The Labute approximate surface area is 186 Å². The first-order chi connectivity index (χ1) is 15.6. The number of aliphatic hydroxyl groups excluding tert-OH is 1. The highest BCUT2D eigenvalue weighted by molar-refractivity contribution is 6.15. The van der Waals surface area contributed by atoms with Gasteiger partial charge < -0.3 is 19.2 Å². The standard InChI is InChI=1S/C26H25NO5/c1-2-3-15-31-20-13-11-19(12-14-20)23-22(24(28)21-10-7-16-32-21)25(29)26(30)27(23)17-18-8-5-4-6-9-18/h4-14,16,23,29H,2-3,15,17H2,1H3. The quantitative estimate of drug-likeness (QED) is 0.370. The van der Waals surface area contributed by atoms with Gasteiger partial charge in [0.05, 0.1) is 24.5 Å². The molecule has 1 atom stereocenters. The van der Waals surface area contributed by atoms with Crippen LogP contribution in [0.1, 0.15) is 47.5 Å². The van der Waals surface area contributed by atoms with Gasteiger partial charge in [-0.25, -0.2) is 0 Å². The second-order valence-electron chi connectivity index (χ2n) is 7.66. The van der Waals surface area contributed by atoms with Gasteiger partial charge >= 0.3 is 0 Å². The maximum absolute atomic E-state index is 13.2. The minimum absolute atomic E-state index is 0.0144. The van der Waals surface area contributed by atoms with Crippen molar-refractivity contribution in [2.24, 2.45) is 0 Å². The Bertz CT molecular complexity index is 1100. The Kier molecular flexibility index (Phi) is 6.40. The summed E-state index contributed by atoms with van der Waals surface area (Å²) in [6, 6.07) is 19.1. The van der Waals surface area contributed by atoms with Crippen LogP contribution in [-0.2, 0) is 11.3 Å². The van der Waals surface area contributed by atoms with E-state index in [2.05, 4.69) is 6.92 Å². The number of furan rings is 1. The number of carbonyl (C=O) groups excluding carboxylic acids is 2. The Morgan fingerprint density at radius 3 is 2.47 bits per heavy atom. The molecular formula is C26H25NO5. The molecule has 6 heteroatoms. The van der Waals surface area contributed by atoms with E-state index >= 15 is 0 Å². The summed E-state index contributed by atoms with van der Waals surface area (Å²) in [5.74, 6) is -0.851. The first-order valence-electron chi connectivity index (χ1n) is 10.7. The molecular weight excluding hydrogens is 406 g/mol. The van der Waals surface area contributed by atoms with Crippen molar-refractivity contribution >= 4 is 11.7 Å². The van der Waals surface area contributed by atoms with E-state index in [1.807, 2.05) is 54.6 Å². The van der Waals surface area contributed by atoms with Crippen LogP contribution in [-0.4, -0.2) is 28.3 Å². The highest BCUT2D eigenvalue weighted by Gasteiger charge is 2.44. The van der Waals surface area contributed by atoms with Crippen LogP contribution in [0.4, 0.5) is 0 Å². The molecule has 0 saturated carbocycles. The summed E-state index contributed by atoms with van der Waals surface area (Å²) in [6.45, 7) is 2.97. The van der Waals surface area contributed by atoms with E-state index in [0.717, 1.165) is 18.4 Å². The zero-order valence-corrected chi connectivity index (χ0v) is 17.9. The van der Waals surface area contributed by atoms with Gasteiger partial charge in [-0.15, -0.1) is 0 Å². The van der Waals surface area contributed by atoms with E-state index in [4.69, 9.17) is 9.15 Å². The molecule has 1 unspecified atom stereocenters. The number of nitrogens with zero attached hydrogens (tertiary/aromatic N) is 1. The molecule has 6 nitrogen and oxygen atoms in total. The molecule has 1 aliphatic rings. The fourth-order valence-corrected chi connectivity index (χ4v) is 3.80. The van der Waals surface area contributed by atoms with Crippen LogP contribution in [0, 0.1) is 0 Å². The highest BCUT2D eigenvalue weighted by Crippen LogP contribution is 2.40. The fraction of sp³-hybridized carbons (Fsp3) is 0.231. The predicted octanol–water partition coefficient (Wildman–Crippen LogP) is 5.24. The molecule has 0 aliphatic carbocycles. The Hall–Kier alpha value is -3.80. The van der Waals surface area contributed by atoms with Crippen molar-refractivity contribution in [1.29, 1.82) is 0 Å². The van der Waals surface area contributed by atoms with Gasteiger partial charge in [-0.1, -0.05) is 55.8 Å². The summed E-state index contributed by atoms with van der Waals surface area (Å²) in [7, 11) is 0. The van der Waals surface area contributed by atoms with E-state index in [0.29, 0.717) is 17.9 Å². The van der Waals surface area contributed by atoms with Crippen molar-refractivity contribution in [2.45, 2.75) is 32.4 Å². The van der Waals surface area contributed by atoms with Gasteiger partial charge in [-0.05, 0) is 41.8 Å². The number of ether oxygens (including phenoxy) is 1. The third-order valence-electron chi connectivity index (χ3n) is 5.45. The number of rotatable bonds is 9. The van der Waals surface area contributed by atoms with E-state index in [1.165, 1.54) is 17.2 Å². The number of aliphatic hydroxyl groups is 1. The smallest absolute Gasteiger partial charge is 0.290 e. The zero-order chi connectivity index (χ0) is 22.5. The van der Waals surface area contributed by atoms with Crippen LogP contribution >= 0.6 is 0 Å². The molecule has 1 N–H and O–H groups in total. The molecule has 0 radical (unpaired) electrons. The summed E-state index contributed by atoms with van der Waals surface area (Å²) in [4.78, 5) is 27.7. The molecule has 1 aromatic heterocycles. The number of hydrogen-bond acceptors (Lipinski definition) is 5. The van der Waals surface area contributed by atoms with Crippen LogP contribution in [0.25, 0.3) is 0 Å². The number of hydrogen-bond donors (Lipinski definition) is 1. The van der Waals surface area contributed by atoms with Crippen molar-refractivity contribution < 1.29 is 23.8 Å². The van der Waals surface area contributed by atoms with E-state index < -0.39 is 23.5 Å². The first kappa shape index (κ1) is 21.4. The fourth-order valence-electron chi connectivity index (χ4n) is 3.80. The van der Waals surface area contributed by atoms with Gasteiger partial charge in [0.25, 0.3) is 5.91 Å². The third-order valence-corrected chi connectivity index (χ3v) is 5.45. The average molecular weight is 431 g/mol. The lowest BCUT2D eigenvalue weighted by Gasteiger charge is -2.27. The maximum atomic E-state index is 13.2. The summed E-state index contributed by atoms with van der Waals surface area (Å²) >= 11 is 0. The van der Waals surface area contributed by atoms with Crippen molar-refractivity contribution in [2.75, 3.05) is 6.61 Å². The highest BCUT2D eigenvalue weighted by atomic mass is 16.5. The average Bonchev–Trinajstić information content (AvgIpc) is 3.44. The van der Waals surface area contributed by atoms with Gasteiger partial charge in [0.15, 0.2) is 11.5 Å². The van der Waals surface area contributed by atoms with Crippen molar-refractivity contribution in [3.8, 4) is 5.75 Å². The summed E-state index contributed by atoms with van der Waals surface area (Å²) in [6.07, 6.45) is 3.39. The molecule has 0 saturated heterocycles. The maximum Gasteiger partial charge on any atom is 0.290 e. The Morgan fingerprint density at radius 1 is 1.06 bits per heavy atom. The van der Waals surface area contributed by atoms with E-state index in [1.54, 1.807) is 6.07 Å². The SMILES string of the molecule is CCCCOc1ccc(C2C(C(=O)c3ccco3)=C(O)C(=O)N2Cc2ccccc2)cc1. The molecule has 2 heterocycles. The van der Waals surface area contributed by atoms with Crippen molar-refractivity contribution in [3.05, 3.63) is 101 Å². The second-order valence-corrected chi connectivity index (χ2v) is 7.66. The van der Waals surface area contributed by atoms with Crippen LogP contribution in [0.2, 0.25) is 0 Å². The lowest BCUT2D eigenvalue weighted by atomic mass is 9.95. The van der Waals surface area contributed by atoms with Crippen LogP contribution in [0.15, 0.2) is 88.7 Å². The molecule has 1 amide bonds. The largest absolute Gasteiger partial charge is 0.503 e. The number of unbranched alkanes of at least 4 members (excludes halogenated alkanes) is 1. The third kappa shape index (κ3) is 4.30. The number of carbonyl (C=O) groups is 2. The number of amides is 1. The predicted molar refractivity (Wildman–Crippen MR) is 119 cm³/mol. The number of Topliss-reactive ketones (excluding diaryl/α,β-unsaturated/α-hetero) is 1. The minimum Gasteiger partial charge on any atom is -0.503 e. The topological polar surface area (TPSA) is 80.0 Å². The molecule has 2 aromatic carbocycles.